The van der Waals surface area contributed by atoms with Gasteiger partial charge in [-0.15, -0.1) is 0 Å². The number of unbranched alkanes of at least 4 members (excludes halogenated alkanes) is 34. The standard InChI is InChI=1S/C51H98O5/c1-4-7-10-13-16-19-22-24-25-26-28-31-34-37-40-43-46-54-49(47-55-50(52)44-41-38-35-32-29-21-18-15-12-9-6-3)48-56-51(53)45-42-39-36-33-30-27-23-20-17-14-11-8-5-2/h15,18,49H,4-14,16-17,19-48H2,1-3H3/b18-15-/t49-/m1/s1. The Labute approximate surface area is 350 Å². The van der Waals surface area contributed by atoms with Crippen LogP contribution in [0.4, 0.5) is 0 Å². The molecule has 0 aromatic heterocycles. The number of carbonyl (C=O) groups is 2. The number of esters is 2. The van der Waals surface area contributed by atoms with Crippen LogP contribution in [0.5, 0.6) is 0 Å². The van der Waals surface area contributed by atoms with Crippen molar-refractivity contribution in [1.29, 1.82) is 0 Å². The lowest BCUT2D eigenvalue weighted by atomic mass is 10.0. The van der Waals surface area contributed by atoms with Crippen molar-refractivity contribution in [2.75, 3.05) is 19.8 Å². The van der Waals surface area contributed by atoms with Crippen molar-refractivity contribution in [3.8, 4) is 0 Å². The van der Waals surface area contributed by atoms with Crippen molar-refractivity contribution in [1.82, 2.24) is 0 Å². The third-order valence-corrected chi connectivity index (χ3v) is 11.3. The molecule has 0 unspecified atom stereocenters. The first-order valence-corrected chi connectivity index (χ1v) is 25.2. The van der Waals surface area contributed by atoms with Crippen molar-refractivity contribution >= 4 is 11.9 Å². The molecule has 332 valence electrons. The number of hydrogen-bond acceptors (Lipinski definition) is 5. The van der Waals surface area contributed by atoms with Crippen LogP contribution < -0.4 is 0 Å². The SMILES string of the molecule is CCCC/C=C\CCCCCCCC(=O)OC[C@H](COC(=O)CCCCCCCCCCCCCCC)OCCCCCCCCCCCCCCCCCC. The molecular weight excluding hydrogens is 693 g/mol. The predicted molar refractivity (Wildman–Crippen MR) is 242 cm³/mol. The molecule has 0 spiro atoms. The van der Waals surface area contributed by atoms with Gasteiger partial charge in [-0.05, 0) is 38.5 Å². The number of carbonyl (C=O) groups excluding carboxylic acids is 2. The van der Waals surface area contributed by atoms with Gasteiger partial charge in [-0.25, -0.2) is 0 Å². The molecule has 0 aromatic rings. The zero-order valence-electron chi connectivity index (χ0n) is 38.2. The van der Waals surface area contributed by atoms with E-state index >= 15 is 0 Å². The molecule has 0 aliphatic rings. The summed E-state index contributed by atoms with van der Waals surface area (Å²) in [4.78, 5) is 25.1. The van der Waals surface area contributed by atoms with Crippen molar-refractivity contribution in [3.05, 3.63) is 12.2 Å². The van der Waals surface area contributed by atoms with Gasteiger partial charge in [0, 0.05) is 19.4 Å². The fraction of sp³-hybridized carbons (Fsp3) is 0.922. The third-order valence-electron chi connectivity index (χ3n) is 11.3. The Bertz CT molecular complexity index is 810. The Hall–Kier alpha value is -1.36. The van der Waals surface area contributed by atoms with Gasteiger partial charge in [-0.1, -0.05) is 238 Å². The lowest BCUT2D eigenvalue weighted by Crippen LogP contribution is -2.29. The van der Waals surface area contributed by atoms with E-state index in [0.717, 1.165) is 51.4 Å². The molecule has 0 saturated carbocycles. The van der Waals surface area contributed by atoms with Crippen LogP contribution in [0.2, 0.25) is 0 Å². The van der Waals surface area contributed by atoms with E-state index in [-0.39, 0.29) is 25.2 Å². The van der Waals surface area contributed by atoms with E-state index in [9.17, 15) is 9.59 Å². The summed E-state index contributed by atoms with van der Waals surface area (Å²) in [5.41, 5.74) is 0. The lowest BCUT2D eigenvalue weighted by Gasteiger charge is -2.18. The van der Waals surface area contributed by atoms with E-state index in [0.29, 0.717) is 19.4 Å². The highest BCUT2D eigenvalue weighted by Gasteiger charge is 2.16. The Balaban J connectivity index is 4.19. The van der Waals surface area contributed by atoms with Gasteiger partial charge in [0.05, 0.1) is 0 Å². The first-order valence-electron chi connectivity index (χ1n) is 25.2. The van der Waals surface area contributed by atoms with E-state index in [4.69, 9.17) is 14.2 Å². The molecule has 0 bridgehead atoms. The second-order valence-electron chi connectivity index (χ2n) is 17.1. The van der Waals surface area contributed by atoms with Crippen LogP contribution in [0.3, 0.4) is 0 Å². The topological polar surface area (TPSA) is 61.8 Å². The summed E-state index contributed by atoms with van der Waals surface area (Å²) >= 11 is 0. The molecule has 56 heavy (non-hydrogen) atoms. The first kappa shape index (κ1) is 54.6. The molecule has 5 nitrogen and oxygen atoms in total. The van der Waals surface area contributed by atoms with Crippen molar-refractivity contribution < 1.29 is 23.8 Å². The number of ether oxygens (including phenoxy) is 3. The smallest absolute Gasteiger partial charge is 0.305 e. The Morgan fingerprint density at radius 3 is 1.00 bits per heavy atom. The molecule has 1 atom stereocenters. The quantitative estimate of drug-likeness (QED) is 0.0349. The summed E-state index contributed by atoms with van der Waals surface area (Å²) in [7, 11) is 0. The van der Waals surface area contributed by atoms with Gasteiger partial charge in [0.1, 0.15) is 19.3 Å². The van der Waals surface area contributed by atoms with Gasteiger partial charge in [-0.3, -0.25) is 9.59 Å². The van der Waals surface area contributed by atoms with Gasteiger partial charge in [-0.2, -0.15) is 0 Å². The summed E-state index contributed by atoms with van der Waals surface area (Å²) in [5.74, 6) is -0.329. The maximum absolute atomic E-state index is 12.6. The molecule has 5 heteroatoms. The summed E-state index contributed by atoms with van der Waals surface area (Å²) < 4.78 is 17.4. The summed E-state index contributed by atoms with van der Waals surface area (Å²) in [6, 6.07) is 0. The molecule has 0 aliphatic carbocycles. The summed E-state index contributed by atoms with van der Waals surface area (Å²) in [6.45, 7) is 7.74. The largest absolute Gasteiger partial charge is 0.463 e. The van der Waals surface area contributed by atoms with E-state index in [1.807, 2.05) is 0 Å². The minimum atomic E-state index is -0.392. The molecular formula is C51H98O5. The normalized spacial score (nSPS) is 12.1. The molecule has 0 aliphatic heterocycles. The zero-order valence-corrected chi connectivity index (χ0v) is 38.2. The van der Waals surface area contributed by atoms with Crippen LogP contribution in [-0.4, -0.2) is 37.9 Å². The Morgan fingerprint density at radius 2 is 0.643 bits per heavy atom. The first-order chi connectivity index (χ1) is 27.6. The fourth-order valence-electron chi connectivity index (χ4n) is 7.47. The molecule has 0 fully saturated rings. The Kier molecular flexibility index (Phi) is 46.8. The van der Waals surface area contributed by atoms with E-state index in [1.54, 1.807) is 0 Å². The molecule has 0 N–H and O–H groups in total. The lowest BCUT2D eigenvalue weighted by molar-refractivity contribution is -0.155. The van der Waals surface area contributed by atoms with Gasteiger partial charge >= 0.3 is 11.9 Å². The van der Waals surface area contributed by atoms with Gasteiger partial charge in [0.2, 0.25) is 0 Å². The van der Waals surface area contributed by atoms with Crippen LogP contribution in [0, 0.1) is 0 Å². The maximum atomic E-state index is 12.6. The van der Waals surface area contributed by atoms with Crippen LogP contribution in [0.1, 0.15) is 278 Å². The van der Waals surface area contributed by atoms with Crippen LogP contribution >= 0.6 is 0 Å². The number of allylic oxidation sites excluding steroid dienone is 2. The van der Waals surface area contributed by atoms with Gasteiger partial charge in [0.15, 0.2) is 0 Å². The zero-order chi connectivity index (χ0) is 40.7. The summed E-state index contributed by atoms with van der Waals surface area (Å²) in [6.07, 6.45) is 53.8. The van der Waals surface area contributed by atoms with Gasteiger partial charge < -0.3 is 14.2 Å². The van der Waals surface area contributed by atoms with Gasteiger partial charge in [0.25, 0.3) is 0 Å². The van der Waals surface area contributed by atoms with E-state index in [2.05, 4.69) is 32.9 Å². The fourth-order valence-corrected chi connectivity index (χ4v) is 7.47. The minimum Gasteiger partial charge on any atom is -0.463 e. The third kappa shape index (κ3) is 45.3. The van der Waals surface area contributed by atoms with Crippen LogP contribution in [0.25, 0.3) is 0 Å². The number of rotatable bonds is 47. The average molecular weight is 791 g/mol. The minimum absolute atomic E-state index is 0.160. The molecule has 0 radical (unpaired) electrons. The predicted octanol–water partition coefficient (Wildman–Crippen LogP) is 16.7. The number of hydrogen-bond donors (Lipinski definition) is 0. The van der Waals surface area contributed by atoms with Crippen molar-refractivity contribution in [2.24, 2.45) is 0 Å². The van der Waals surface area contributed by atoms with Crippen molar-refractivity contribution in [3.63, 3.8) is 0 Å². The molecule has 0 amide bonds. The maximum Gasteiger partial charge on any atom is 0.305 e. The Morgan fingerprint density at radius 1 is 0.357 bits per heavy atom. The van der Waals surface area contributed by atoms with Crippen molar-refractivity contribution in [2.45, 2.75) is 284 Å². The average Bonchev–Trinajstić information content (AvgIpc) is 3.20. The van der Waals surface area contributed by atoms with Crippen LogP contribution in [-0.2, 0) is 23.8 Å². The molecule has 0 rings (SSSR count). The van der Waals surface area contributed by atoms with Crippen LogP contribution in [0.15, 0.2) is 12.2 Å². The molecule has 0 aromatic carbocycles. The van der Waals surface area contributed by atoms with E-state index in [1.165, 1.54) is 193 Å². The highest BCUT2D eigenvalue weighted by Crippen LogP contribution is 2.16. The summed E-state index contributed by atoms with van der Waals surface area (Å²) in [5, 5.41) is 0. The molecule has 0 saturated heterocycles. The second kappa shape index (κ2) is 48.0. The highest BCUT2D eigenvalue weighted by atomic mass is 16.6. The monoisotopic (exact) mass is 791 g/mol. The molecule has 0 heterocycles. The highest BCUT2D eigenvalue weighted by molar-refractivity contribution is 5.69. The van der Waals surface area contributed by atoms with E-state index < -0.39 is 6.10 Å². The second-order valence-corrected chi connectivity index (χ2v) is 17.1.